The van der Waals surface area contributed by atoms with Gasteiger partial charge in [0.2, 0.25) is 0 Å². The highest BCUT2D eigenvalue weighted by Gasteiger charge is 2.29. The van der Waals surface area contributed by atoms with E-state index in [0.717, 1.165) is 22.3 Å². The molecule has 0 aliphatic carbocycles. The van der Waals surface area contributed by atoms with Crippen molar-refractivity contribution < 1.29 is 19.1 Å². The summed E-state index contributed by atoms with van der Waals surface area (Å²) < 4.78 is 11.7. The fourth-order valence-corrected chi connectivity index (χ4v) is 3.23. The van der Waals surface area contributed by atoms with Crippen molar-refractivity contribution in [2.45, 2.75) is 13.3 Å². The summed E-state index contributed by atoms with van der Waals surface area (Å²) in [5.41, 5.74) is 4.03. The Morgan fingerprint density at radius 3 is 2.27 bits per heavy atom. The van der Waals surface area contributed by atoms with Gasteiger partial charge >= 0.3 is 11.9 Å². The highest BCUT2D eigenvalue weighted by molar-refractivity contribution is 5.95. The number of benzene rings is 2. The summed E-state index contributed by atoms with van der Waals surface area (Å²) in [4.78, 5) is 24.1. The monoisotopic (exact) mass is 351 g/mol. The Morgan fingerprint density at radius 1 is 0.962 bits per heavy atom. The molecule has 0 amide bonds. The molecule has 0 N–H and O–H groups in total. The summed E-state index contributed by atoms with van der Waals surface area (Å²) >= 11 is 0. The highest BCUT2D eigenvalue weighted by Crippen LogP contribution is 2.27. The summed E-state index contributed by atoms with van der Waals surface area (Å²) in [6, 6.07) is 15.9. The lowest BCUT2D eigenvalue weighted by Gasteiger charge is -2.16. The zero-order valence-corrected chi connectivity index (χ0v) is 15.1. The molecule has 1 heterocycles. The van der Waals surface area contributed by atoms with Gasteiger partial charge in [-0.05, 0) is 36.6 Å². The van der Waals surface area contributed by atoms with Crippen LogP contribution in [0.4, 0.5) is 0 Å². The molecule has 0 bridgehead atoms. The molecule has 0 unspecified atom stereocenters. The molecule has 5 heteroatoms. The Labute approximate surface area is 152 Å². The summed E-state index contributed by atoms with van der Waals surface area (Å²) in [5, 5.41) is 1.17. The number of hydrogen-bond acceptors (Lipinski definition) is 4. The minimum absolute atomic E-state index is 0.209. The van der Waals surface area contributed by atoms with Crippen molar-refractivity contribution in [1.29, 1.82) is 0 Å². The van der Waals surface area contributed by atoms with Gasteiger partial charge in [0.25, 0.3) is 0 Å². The van der Waals surface area contributed by atoms with E-state index >= 15 is 0 Å². The van der Waals surface area contributed by atoms with E-state index in [2.05, 4.69) is 29.8 Å². The maximum atomic E-state index is 12.1. The van der Waals surface area contributed by atoms with Crippen molar-refractivity contribution in [3.05, 3.63) is 65.9 Å². The van der Waals surface area contributed by atoms with Gasteiger partial charge in [0, 0.05) is 17.3 Å². The number of aromatic nitrogens is 1. The smallest absolute Gasteiger partial charge is 0.320 e. The number of carbonyl (C=O) groups excluding carboxylic acids is 2. The first kappa shape index (κ1) is 17.7. The predicted octanol–water partition coefficient (Wildman–Crippen LogP) is 3.44. The molecular weight excluding hydrogens is 330 g/mol. The highest BCUT2D eigenvalue weighted by atomic mass is 16.5. The van der Waals surface area contributed by atoms with Gasteiger partial charge in [0.1, 0.15) is 0 Å². The first-order chi connectivity index (χ1) is 12.6. The van der Waals surface area contributed by atoms with E-state index < -0.39 is 17.9 Å². The van der Waals surface area contributed by atoms with E-state index in [-0.39, 0.29) is 6.42 Å². The van der Waals surface area contributed by atoms with Crippen molar-refractivity contribution in [2.75, 3.05) is 14.2 Å². The standard InChI is InChI=1S/C21H21NO4/c1-14-13-22(19-11-7-5-9-16(14)19)18-10-6-4-8-15(18)12-17(20(23)25-2)21(24)26-3/h4-11,13,17H,12H2,1-3H3. The molecule has 0 saturated carbocycles. The van der Waals surface area contributed by atoms with Gasteiger partial charge in [-0.1, -0.05) is 36.4 Å². The van der Waals surface area contributed by atoms with Crippen molar-refractivity contribution in [3.63, 3.8) is 0 Å². The predicted molar refractivity (Wildman–Crippen MR) is 99.2 cm³/mol. The molecule has 1 aromatic heterocycles. The first-order valence-electron chi connectivity index (χ1n) is 8.37. The minimum Gasteiger partial charge on any atom is -0.468 e. The lowest BCUT2D eigenvalue weighted by molar-refractivity contribution is -0.158. The number of aryl methyl sites for hydroxylation is 1. The summed E-state index contributed by atoms with van der Waals surface area (Å²) in [6.45, 7) is 2.06. The molecule has 134 valence electrons. The quantitative estimate of drug-likeness (QED) is 0.522. The third-order valence-electron chi connectivity index (χ3n) is 4.56. The first-order valence-corrected chi connectivity index (χ1v) is 8.37. The van der Waals surface area contributed by atoms with E-state index in [1.54, 1.807) is 0 Å². The lowest BCUT2D eigenvalue weighted by atomic mass is 9.98. The maximum Gasteiger partial charge on any atom is 0.320 e. The Bertz CT molecular complexity index is 942. The van der Waals surface area contributed by atoms with Crippen molar-refractivity contribution >= 4 is 22.8 Å². The zero-order chi connectivity index (χ0) is 18.7. The van der Waals surface area contributed by atoms with Crippen molar-refractivity contribution in [2.24, 2.45) is 5.92 Å². The normalized spacial score (nSPS) is 10.9. The van der Waals surface area contributed by atoms with Crippen molar-refractivity contribution in [1.82, 2.24) is 4.57 Å². The minimum atomic E-state index is -0.992. The Kier molecular flexibility index (Phi) is 5.07. The molecule has 0 spiro atoms. The van der Waals surface area contributed by atoms with Gasteiger partial charge < -0.3 is 14.0 Å². The van der Waals surface area contributed by atoms with Gasteiger partial charge in [-0.3, -0.25) is 9.59 Å². The second kappa shape index (κ2) is 7.44. The van der Waals surface area contributed by atoms with Crippen LogP contribution in [-0.4, -0.2) is 30.7 Å². The maximum absolute atomic E-state index is 12.1. The van der Waals surface area contributed by atoms with Crippen LogP contribution < -0.4 is 0 Å². The average Bonchev–Trinajstić information content (AvgIpc) is 3.02. The Balaban J connectivity index is 2.08. The number of carbonyl (C=O) groups is 2. The second-order valence-corrected chi connectivity index (χ2v) is 6.13. The second-order valence-electron chi connectivity index (χ2n) is 6.13. The number of ether oxygens (including phenoxy) is 2. The Hall–Kier alpha value is -3.08. The van der Waals surface area contributed by atoms with Crippen LogP contribution in [0.25, 0.3) is 16.6 Å². The van der Waals surface area contributed by atoms with Crippen LogP contribution in [0, 0.1) is 12.8 Å². The molecule has 3 rings (SSSR count). The molecule has 0 fully saturated rings. The summed E-state index contributed by atoms with van der Waals surface area (Å²) in [7, 11) is 2.54. The van der Waals surface area contributed by atoms with Gasteiger partial charge in [-0.25, -0.2) is 0 Å². The molecule has 0 radical (unpaired) electrons. The summed E-state index contributed by atoms with van der Waals surface area (Å²) in [5.74, 6) is -2.19. The number of hydrogen-bond donors (Lipinski definition) is 0. The Morgan fingerprint density at radius 2 is 1.58 bits per heavy atom. The number of para-hydroxylation sites is 2. The van der Waals surface area contributed by atoms with Gasteiger partial charge in [0.15, 0.2) is 5.92 Å². The molecule has 0 aliphatic rings. The molecular formula is C21H21NO4. The fraction of sp³-hybridized carbons (Fsp3) is 0.238. The third-order valence-corrected chi connectivity index (χ3v) is 4.56. The van der Waals surface area contributed by atoms with Crippen LogP contribution in [0.1, 0.15) is 11.1 Å². The lowest BCUT2D eigenvalue weighted by Crippen LogP contribution is -2.28. The van der Waals surface area contributed by atoms with Crippen LogP contribution in [0.3, 0.4) is 0 Å². The number of esters is 2. The molecule has 5 nitrogen and oxygen atoms in total. The van der Waals surface area contributed by atoms with Gasteiger partial charge in [-0.2, -0.15) is 0 Å². The van der Waals surface area contributed by atoms with E-state index in [1.807, 2.05) is 36.4 Å². The fourth-order valence-electron chi connectivity index (χ4n) is 3.23. The topological polar surface area (TPSA) is 57.5 Å². The SMILES string of the molecule is COC(=O)C(Cc1ccccc1-n1cc(C)c2ccccc21)C(=O)OC. The molecule has 2 aromatic carbocycles. The van der Waals surface area contributed by atoms with Crippen LogP contribution >= 0.6 is 0 Å². The van der Waals surface area contributed by atoms with Crippen LogP contribution in [0.2, 0.25) is 0 Å². The molecule has 0 aliphatic heterocycles. The molecule has 0 saturated heterocycles. The van der Waals surface area contributed by atoms with Crippen LogP contribution in [0.5, 0.6) is 0 Å². The number of fused-ring (bicyclic) bond motifs is 1. The van der Waals surface area contributed by atoms with Crippen LogP contribution in [-0.2, 0) is 25.5 Å². The largest absolute Gasteiger partial charge is 0.468 e. The molecule has 26 heavy (non-hydrogen) atoms. The van der Waals surface area contributed by atoms with E-state index in [1.165, 1.54) is 19.6 Å². The van der Waals surface area contributed by atoms with E-state index in [4.69, 9.17) is 9.47 Å². The van der Waals surface area contributed by atoms with E-state index in [9.17, 15) is 9.59 Å². The molecule has 0 atom stereocenters. The molecule has 3 aromatic rings. The third kappa shape index (κ3) is 3.20. The zero-order valence-electron chi connectivity index (χ0n) is 15.1. The van der Waals surface area contributed by atoms with Crippen molar-refractivity contribution in [3.8, 4) is 5.69 Å². The van der Waals surface area contributed by atoms with E-state index in [0.29, 0.717) is 0 Å². The number of rotatable bonds is 5. The van der Waals surface area contributed by atoms with Gasteiger partial charge in [0.05, 0.1) is 19.7 Å². The van der Waals surface area contributed by atoms with Gasteiger partial charge in [-0.15, -0.1) is 0 Å². The van der Waals surface area contributed by atoms with Crippen LogP contribution in [0.15, 0.2) is 54.7 Å². The summed E-state index contributed by atoms with van der Waals surface area (Å²) in [6.07, 6.45) is 2.27. The average molecular weight is 351 g/mol. The number of nitrogens with zero attached hydrogens (tertiary/aromatic N) is 1. The number of methoxy groups -OCH3 is 2.